The number of hydrogen-bond donors (Lipinski definition) is 1. The highest BCUT2D eigenvalue weighted by molar-refractivity contribution is 5.97. The SMILES string of the molecule is COc1cc2c(cc1CNC1CCCN(CC(=O)c3ccncc3)C1c1ccccc1)N(C)C(=O)CC2. The number of aryl methyl sites for hydroxylation is 1. The monoisotopic (exact) mass is 498 g/mol. The number of hydrogen-bond acceptors (Lipinski definition) is 6. The maximum absolute atomic E-state index is 13.1. The van der Waals surface area contributed by atoms with Gasteiger partial charge in [-0.2, -0.15) is 0 Å². The number of ether oxygens (including phenoxy) is 1. The predicted molar refractivity (Wildman–Crippen MR) is 144 cm³/mol. The highest BCUT2D eigenvalue weighted by Gasteiger charge is 2.34. The molecule has 1 saturated heterocycles. The summed E-state index contributed by atoms with van der Waals surface area (Å²) in [6.45, 7) is 1.83. The van der Waals surface area contributed by atoms with Gasteiger partial charge in [0.05, 0.1) is 19.7 Å². The van der Waals surface area contributed by atoms with Crippen LogP contribution in [0.25, 0.3) is 0 Å². The molecular formula is C30H34N4O3. The number of anilines is 1. The average Bonchev–Trinajstić information content (AvgIpc) is 2.94. The molecule has 2 aliphatic heterocycles. The van der Waals surface area contributed by atoms with Crippen molar-refractivity contribution in [2.45, 2.75) is 44.3 Å². The number of likely N-dealkylation sites (tertiary alicyclic amines) is 1. The number of rotatable bonds is 8. The number of fused-ring (bicyclic) bond motifs is 1. The Kier molecular flexibility index (Phi) is 7.63. The molecule has 0 saturated carbocycles. The first-order valence-electron chi connectivity index (χ1n) is 13.0. The van der Waals surface area contributed by atoms with E-state index in [1.165, 1.54) is 5.56 Å². The van der Waals surface area contributed by atoms with Crippen LogP contribution >= 0.6 is 0 Å². The van der Waals surface area contributed by atoms with Crippen LogP contribution < -0.4 is 15.0 Å². The van der Waals surface area contributed by atoms with Gasteiger partial charge < -0.3 is 15.0 Å². The van der Waals surface area contributed by atoms with E-state index < -0.39 is 0 Å². The summed E-state index contributed by atoms with van der Waals surface area (Å²) in [5, 5.41) is 3.79. The quantitative estimate of drug-likeness (QED) is 0.470. The van der Waals surface area contributed by atoms with Gasteiger partial charge in [0.1, 0.15) is 5.75 Å². The minimum atomic E-state index is 0.0635. The van der Waals surface area contributed by atoms with Gasteiger partial charge in [-0.15, -0.1) is 0 Å². The second-order valence-corrected chi connectivity index (χ2v) is 9.86. The number of pyridine rings is 1. The van der Waals surface area contributed by atoms with Crippen LogP contribution in [0.5, 0.6) is 5.75 Å². The number of nitrogens with zero attached hydrogens (tertiary/aromatic N) is 3. The van der Waals surface area contributed by atoms with Crippen molar-refractivity contribution in [2.75, 3.05) is 32.1 Å². The van der Waals surface area contributed by atoms with Gasteiger partial charge >= 0.3 is 0 Å². The van der Waals surface area contributed by atoms with Gasteiger partial charge in [0, 0.05) is 55.3 Å². The van der Waals surface area contributed by atoms with E-state index in [9.17, 15) is 9.59 Å². The van der Waals surface area contributed by atoms with Gasteiger partial charge in [-0.1, -0.05) is 30.3 Å². The first-order chi connectivity index (χ1) is 18.0. The molecule has 5 rings (SSSR count). The van der Waals surface area contributed by atoms with Gasteiger partial charge in [0.15, 0.2) is 5.78 Å². The number of piperidine rings is 1. The molecule has 0 aliphatic carbocycles. The third-order valence-corrected chi connectivity index (χ3v) is 7.61. The molecule has 7 heteroatoms. The Bertz CT molecular complexity index is 1250. The van der Waals surface area contributed by atoms with Gasteiger partial charge in [0.25, 0.3) is 0 Å². The summed E-state index contributed by atoms with van der Waals surface area (Å²) >= 11 is 0. The zero-order valence-corrected chi connectivity index (χ0v) is 21.5. The summed E-state index contributed by atoms with van der Waals surface area (Å²) in [7, 11) is 3.54. The van der Waals surface area contributed by atoms with Gasteiger partial charge in [-0.3, -0.25) is 19.5 Å². The third-order valence-electron chi connectivity index (χ3n) is 7.61. The van der Waals surface area contributed by atoms with Crippen LogP contribution in [-0.2, 0) is 17.8 Å². The molecule has 2 aliphatic rings. The summed E-state index contributed by atoms with van der Waals surface area (Å²) in [4.78, 5) is 33.5. The van der Waals surface area contributed by atoms with Crippen LogP contribution in [0.3, 0.4) is 0 Å². The third kappa shape index (κ3) is 5.43. The van der Waals surface area contributed by atoms with Crippen molar-refractivity contribution in [2.24, 2.45) is 0 Å². The zero-order valence-electron chi connectivity index (χ0n) is 21.5. The number of methoxy groups -OCH3 is 1. The van der Waals surface area contributed by atoms with Gasteiger partial charge in [-0.25, -0.2) is 0 Å². The highest BCUT2D eigenvalue weighted by atomic mass is 16.5. The number of amides is 1. The molecule has 2 atom stereocenters. The van der Waals surface area contributed by atoms with E-state index in [1.807, 2.05) is 13.1 Å². The molecule has 1 N–H and O–H groups in total. The molecule has 1 aromatic heterocycles. The van der Waals surface area contributed by atoms with Crippen molar-refractivity contribution >= 4 is 17.4 Å². The minimum absolute atomic E-state index is 0.0635. The first-order valence-corrected chi connectivity index (χ1v) is 13.0. The fraction of sp³-hybridized carbons (Fsp3) is 0.367. The zero-order chi connectivity index (χ0) is 25.8. The van der Waals surface area contributed by atoms with E-state index in [0.29, 0.717) is 25.1 Å². The van der Waals surface area contributed by atoms with E-state index in [0.717, 1.165) is 48.4 Å². The molecule has 7 nitrogen and oxygen atoms in total. The molecule has 0 bridgehead atoms. The van der Waals surface area contributed by atoms with Crippen molar-refractivity contribution < 1.29 is 14.3 Å². The maximum atomic E-state index is 13.1. The molecule has 3 heterocycles. The van der Waals surface area contributed by atoms with Crippen LogP contribution in [-0.4, -0.2) is 54.9 Å². The summed E-state index contributed by atoms with van der Waals surface area (Å²) in [6, 6.07) is 18.4. The van der Waals surface area contributed by atoms with E-state index in [1.54, 1.807) is 36.5 Å². The second kappa shape index (κ2) is 11.2. The lowest BCUT2D eigenvalue weighted by molar-refractivity contribution is -0.118. The Morgan fingerprint density at radius 3 is 2.65 bits per heavy atom. The molecule has 3 aromatic rings. The Morgan fingerprint density at radius 2 is 1.89 bits per heavy atom. The minimum Gasteiger partial charge on any atom is -0.496 e. The van der Waals surface area contributed by atoms with Crippen LogP contribution in [0.4, 0.5) is 5.69 Å². The largest absolute Gasteiger partial charge is 0.496 e. The van der Waals surface area contributed by atoms with E-state index >= 15 is 0 Å². The predicted octanol–water partition coefficient (Wildman–Crippen LogP) is 4.18. The van der Waals surface area contributed by atoms with Crippen LogP contribution in [0.15, 0.2) is 67.0 Å². The molecule has 37 heavy (non-hydrogen) atoms. The number of benzene rings is 2. The maximum Gasteiger partial charge on any atom is 0.227 e. The Morgan fingerprint density at radius 1 is 1.11 bits per heavy atom. The van der Waals surface area contributed by atoms with Gasteiger partial charge in [-0.05, 0) is 61.2 Å². The number of ketones is 1. The molecule has 192 valence electrons. The molecule has 2 aromatic carbocycles. The molecule has 0 spiro atoms. The number of nitrogens with one attached hydrogen (secondary N) is 1. The topological polar surface area (TPSA) is 74.8 Å². The summed E-state index contributed by atoms with van der Waals surface area (Å²) in [5.74, 6) is 1.08. The van der Waals surface area contributed by atoms with Crippen molar-refractivity contribution in [3.8, 4) is 5.75 Å². The second-order valence-electron chi connectivity index (χ2n) is 9.86. The van der Waals surface area contributed by atoms with Crippen molar-refractivity contribution in [1.82, 2.24) is 15.2 Å². The normalized spacial score (nSPS) is 19.9. The van der Waals surface area contributed by atoms with Gasteiger partial charge in [0.2, 0.25) is 5.91 Å². The number of carbonyl (C=O) groups excluding carboxylic acids is 2. The van der Waals surface area contributed by atoms with E-state index in [4.69, 9.17) is 4.74 Å². The molecule has 1 fully saturated rings. The first kappa shape index (κ1) is 25.1. The van der Waals surface area contributed by atoms with E-state index in [2.05, 4.69) is 51.6 Å². The van der Waals surface area contributed by atoms with Crippen LogP contribution in [0.2, 0.25) is 0 Å². The number of Topliss-reactive ketones (excluding diaryl/α,β-unsaturated/α-hetero) is 1. The number of aromatic nitrogens is 1. The Hall–Kier alpha value is -3.55. The lowest BCUT2D eigenvalue weighted by Gasteiger charge is -2.42. The Labute approximate surface area is 218 Å². The molecule has 1 amide bonds. The molecular weight excluding hydrogens is 464 g/mol. The Balaban J connectivity index is 1.39. The molecule has 0 radical (unpaired) electrons. The van der Waals surface area contributed by atoms with Crippen molar-refractivity contribution in [1.29, 1.82) is 0 Å². The molecule has 2 unspecified atom stereocenters. The summed E-state index contributed by atoms with van der Waals surface area (Å²) < 4.78 is 5.74. The van der Waals surface area contributed by atoms with Crippen molar-refractivity contribution in [3.63, 3.8) is 0 Å². The fourth-order valence-electron chi connectivity index (χ4n) is 5.64. The summed E-state index contributed by atoms with van der Waals surface area (Å²) in [5.41, 5.74) is 5.02. The van der Waals surface area contributed by atoms with Crippen LogP contribution in [0.1, 0.15) is 52.4 Å². The smallest absolute Gasteiger partial charge is 0.227 e. The average molecular weight is 499 g/mol. The van der Waals surface area contributed by atoms with Crippen LogP contribution in [0, 0.1) is 0 Å². The standard InChI is InChI=1S/C30H34N4O3/c1-33-26-17-24(28(37-2)18-23(26)10-11-29(33)36)19-32-25-9-6-16-34(30(25)22-7-4-3-5-8-22)20-27(35)21-12-14-31-15-13-21/h3-5,7-8,12-15,17-18,25,30,32H,6,9-11,16,19-20H2,1-2H3. The lowest BCUT2D eigenvalue weighted by Crippen LogP contribution is -2.49. The highest BCUT2D eigenvalue weighted by Crippen LogP contribution is 2.35. The van der Waals surface area contributed by atoms with Crippen molar-refractivity contribution in [3.05, 3.63) is 89.2 Å². The fourth-order valence-corrected chi connectivity index (χ4v) is 5.64. The lowest BCUT2D eigenvalue weighted by atomic mass is 9.89. The summed E-state index contributed by atoms with van der Waals surface area (Å²) in [6.07, 6.45) is 6.61. The van der Waals surface area contributed by atoms with E-state index in [-0.39, 0.29) is 23.8 Å². The number of carbonyl (C=O) groups is 2.